The Balaban J connectivity index is 0.000000193. The molecule has 328 valence electrons. The third-order valence-corrected chi connectivity index (χ3v) is 13.1. The Kier molecular flexibility index (Phi) is 13.6. The summed E-state index contributed by atoms with van der Waals surface area (Å²) in [6, 6.07) is 22.8. The second-order valence-electron chi connectivity index (χ2n) is 16.6. The molecule has 0 radical (unpaired) electrons. The average Bonchev–Trinajstić information content (AvgIpc) is 3.90. The second kappa shape index (κ2) is 19.3. The van der Waals surface area contributed by atoms with E-state index in [9.17, 15) is 24.9 Å². The number of carbonyl (C=O) groups excluding carboxylic acids is 1. The lowest BCUT2D eigenvalue weighted by atomic mass is 10.1. The first-order chi connectivity index (χ1) is 30.3. The summed E-state index contributed by atoms with van der Waals surface area (Å²) in [7, 11) is 3.64. The van der Waals surface area contributed by atoms with Crippen LogP contribution >= 0.6 is 22.7 Å². The van der Waals surface area contributed by atoms with Gasteiger partial charge in [0.2, 0.25) is 11.9 Å². The number of piperidine rings is 2. The number of fused-ring (bicyclic) bond motifs is 2. The highest BCUT2D eigenvalue weighted by Crippen LogP contribution is 2.30. The van der Waals surface area contributed by atoms with E-state index in [1.165, 1.54) is 22.7 Å². The predicted molar refractivity (Wildman–Crippen MR) is 251 cm³/mol. The molecular weight excluding hydrogens is 837 g/mol. The van der Waals surface area contributed by atoms with E-state index in [0.29, 0.717) is 69.6 Å². The van der Waals surface area contributed by atoms with Crippen LogP contribution in [-0.4, -0.2) is 83.2 Å². The second-order valence-corrected chi connectivity index (χ2v) is 18.7. The minimum Gasteiger partial charge on any atom is -0.444 e. The van der Waals surface area contributed by atoms with E-state index in [-0.39, 0.29) is 29.7 Å². The molecule has 2 aliphatic rings. The van der Waals surface area contributed by atoms with E-state index >= 15 is 0 Å². The normalized spacial score (nSPS) is 16.4. The van der Waals surface area contributed by atoms with Crippen molar-refractivity contribution in [3.63, 3.8) is 0 Å². The Labute approximate surface area is 373 Å². The van der Waals surface area contributed by atoms with Crippen molar-refractivity contribution in [2.75, 3.05) is 60.7 Å². The number of hydrogen-bond acceptors (Lipinski definition) is 15. The number of anilines is 4. The molecule has 6 aromatic rings. The molecule has 8 rings (SSSR count). The number of nitrogens with two attached hydrogens (primary N) is 1. The van der Waals surface area contributed by atoms with Crippen molar-refractivity contribution in [3.8, 4) is 12.1 Å². The fourth-order valence-corrected chi connectivity index (χ4v) is 9.63. The van der Waals surface area contributed by atoms with Crippen LogP contribution in [0.1, 0.15) is 68.7 Å². The molecule has 0 unspecified atom stereocenters. The highest BCUT2D eigenvalue weighted by atomic mass is 32.1. The number of nitriles is 2. The van der Waals surface area contributed by atoms with Gasteiger partial charge in [-0.15, -0.1) is 22.7 Å². The van der Waals surface area contributed by atoms with Gasteiger partial charge in [0, 0.05) is 52.4 Å². The van der Waals surface area contributed by atoms with Crippen LogP contribution in [0.3, 0.4) is 0 Å². The van der Waals surface area contributed by atoms with E-state index in [4.69, 9.17) is 20.4 Å². The first kappa shape index (κ1) is 44.6. The summed E-state index contributed by atoms with van der Waals surface area (Å²) in [5, 5.41) is 29.9. The van der Waals surface area contributed by atoms with Crippen molar-refractivity contribution < 1.29 is 9.53 Å². The number of benzene rings is 2. The van der Waals surface area contributed by atoms with Gasteiger partial charge in [-0.05, 0) is 81.8 Å². The van der Waals surface area contributed by atoms with Crippen LogP contribution in [0.4, 0.5) is 26.7 Å². The molecule has 0 aliphatic carbocycles. The molecule has 0 spiro atoms. The molecule has 18 heteroatoms. The molecule has 2 atom stereocenters. The zero-order chi connectivity index (χ0) is 44.8. The van der Waals surface area contributed by atoms with Crippen LogP contribution in [0.15, 0.2) is 70.3 Å². The van der Waals surface area contributed by atoms with Gasteiger partial charge in [0.25, 0.3) is 11.1 Å². The van der Waals surface area contributed by atoms with Gasteiger partial charge in [-0.3, -0.25) is 18.7 Å². The van der Waals surface area contributed by atoms with Gasteiger partial charge in [-0.25, -0.2) is 14.8 Å². The lowest BCUT2D eigenvalue weighted by Gasteiger charge is -2.35. The van der Waals surface area contributed by atoms with Crippen molar-refractivity contribution in [1.29, 1.82) is 10.5 Å². The monoisotopic (exact) mass is 888 g/mol. The van der Waals surface area contributed by atoms with Gasteiger partial charge in [0.05, 0.1) is 57.4 Å². The zero-order valence-electron chi connectivity index (χ0n) is 36.1. The van der Waals surface area contributed by atoms with Gasteiger partial charge in [0.15, 0.2) is 0 Å². The molecule has 4 aromatic heterocycles. The molecule has 63 heavy (non-hydrogen) atoms. The first-order valence-electron chi connectivity index (χ1n) is 20.9. The molecule has 0 saturated carbocycles. The van der Waals surface area contributed by atoms with Crippen molar-refractivity contribution >= 4 is 71.1 Å². The van der Waals surface area contributed by atoms with Crippen molar-refractivity contribution in [3.05, 3.63) is 104 Å². The number of aromatic nitrogens is 4. The molecule has 2 aliphatic heterocycles. The first-order valence-corrected chi connectivity index (χ1v) is 22.6. The maximum absolute atomic E-state index is 13.6. The van der Waals surface area contributed by atoms with Crippen molar-refractivity contribution in [2.45, 2.75) is 77.2 Å². The highest BCUT2D eigenvalue weighted by molar-refractivity contribution is 7.23. The third-order valence-electron chi connectivity index (χ3n) is 10.8. The number of rotatable bonds is 9. The maximum Gasteiger partial charge on any atom is 0.407 e. The zero-order valence-corrected chi connectivity index (χ0v) is 37.7. The lowest BCUT2D eigenvalue weighted by Crippen LogP contribution is -2.50. The topological polar surface area (TPSA) is 212 Å². The molecular formula is C45H52N12O4S2. The number of alkyl carbamates (subject to hydrolysis) is 1. The summed E-state index contributed by atoms with van der Waals surface area (Å²) in [5.74, 6) is 1.16. The van der Waals surface area contributed by atoms with Crippen LogP contribution < -0.4 is 42.6 Å². The molecule has 2 aromatic carbocycles. The molecule has 0 bridgehead atoms. The smallest absolute Gasteiger partial charge is 0.407 e. The Morgan fingerprint density at radius 3 is 1.73 bits per heavy atom. The highest BCUT2D eigenvalue weighted by Gasteiger charge is 2.28. The van der Waals surface area contributed by atoms with E-state index in [1.807, 2.05) is 88.3 Å². The Hall–Kier alpha value is -6.47. The van der Waals surface area contributed by atoms with Crippen LogP contribution in [0.2, 0.25) is 0 Å². The SMILES string of the molecule is CNc1cc2nc(N3CCC[C@@H](N)C3)n(Cc3ccccc3C#N)c(=O)c2s1.CNc1cc2nc(N3CCC[C@@H](NC(=O)OC(C)(C)C)C3)n(Cc3ccccc3C#N)c(=O)c2s1. The van der Waals surface area contributed by atoms with Crippen LogP contribution in [0.5, 0.6) is 0 Å². The van der Waals surface area contributed by atoms with Gasteiger partial charge >= 0.3 is 6.09 Å². The van der Waals surface area contributed by atoms with Gasteiger partial charge < -0.3 is 36.2 Å². The lowest BCUT2D eigenvalue weighted by molar-refractivity contribution is 0.0499. The largest absolute Gasteiger partial charge is 0.444 e. The number of nitrogens with zero attached hydrogens (tertiary/aromatic N) is 8. The quantitative estimate of drug-likeness (QED) is 0.126. The number of carbonyl (C=O) groups is 1. The standard InChI is InChI=1S/C25H30N6O3S.C20H22N6OS/c1-25(2,3)34-24(33)28-18-10-7-11-30(15-18)23-29-19-12-20(27-4)35-21(19)22(32)31(23)14-17-9-6-5-8-16(17)13-26;1-23-17-9-16-18(28-17)19(27)26(11-14-6-3-2-5-13(14)10-21)20(24-16)25-8-4-7-15(22)12-25/h5-6,8-9,12,18,27H,7,10-11,14-15H2,1-4H3,(H,28,33);2-3,5-6,9,15,23H,4,7-8,11-12,22H2,1H3/t18-;15-/m11/s1. The number of amides is 1. The van der Waals surface area contributed by atoms with Gasteiger partial charge in [-0.1, -0.05) is 36.4 Å². The fraction of sp³-hybridized carbons (Fsp3) is 0.400. The van der Waals surface area contributed by atoms with E-state index in [2.05, 4.69) is 33.0 Å². The molecule has 1 amide bonds. The number of hydrogen-bond donors (Lipinski definition) is 4. The number of ether oxygens (including phenoxy) is 1. The summed E-state index contributed by atoms with van der Waals surface area (Å²) < 4.78 is 9.93. The minimum absolute atomic E-state index is 0.0662. The Bertz CT molecular complexity index is 2830. The minimum atomic E-state index is -0.580. The fourth-order valence-electron chi connectivity index (χ4n) is 7.83. The van der Waals surface area contributed by atoms with Crippen LogP contribution in [0, 0.1) is 22.7 Å². The van der Waals surface area contributed by atoms with Crippen molar-refractivity contribution in [2.24, 2.45) is 5.73 Å². The molecule has 5 N–H and O–H groups in total. The summed E-state index contributed by atoms with van der Waals surface area (Å²) >= 11 is 2.76. The third kappa shape index (κ3) is 10.3. The van der Waals surface area contributed by atoms with E-state index < -0.39 is 11.7 Å². The summed E-state index contributed by atoms with van der Waals surface area (Å²) in [6.45, 7) is 8.71. The average molecular weight is 889 g/mol. The maximum atomic E-state index is 13.6. The van der Waals surface area contributed by atoms with Gasteiger partial charge in [-0.2, -0.15) is 10.5 Å². The van der Waals surface area contributed by atoms with Gasteiger partial charge in [0.1, 0.15) is 15.0 Å². The molecule has 16 nitrogen and oxygen atoms in total. The number of thiophene rings is 2. The van der Waals surface area contributed by atoms with Crippen LogP contribution in [0.25, 0.3) is 20.4 Å². The van der Waals surface area contributed by atoms with Crippen LogP contribution in [-0.2, 0) is 17.8 Å². The number of nitrogens with one attached hydrogen (secondary N) is 3. The van der Waals surface area contributed by atoms with E-state index in [1.54, 1.807) is 21.3 Å². The molecule has 2 fully saturated rings. The summed E-state index contributed by atoms with van der Waals surface area (Å²) in [4.78, 5) is 53.2. The molecule has 6 heterocycles. The van der Waals surface area contributed by atoms with E-state index in [0.717, 1.165) is 53.4 Å². The summed E-state index contributed by atoms with van der Waals surface area (Å²) in [5.41, 5.74) is 9.34. The molecule has 2 saturated heterocycles. The predicted octanol–water partition coefficient (Wildman–Crippen LogP) is 6.26. The Morgan fingerprint density at radius 2 is 1.27 bits per heavy atom. The summed E-state index contributed by atoms with van der Waals surface area (Å²) in [6.07, 6.45) is 3.12. The van der Waals surface area contributed by atoms with Crippen molar-refractivity contribution in [1.82, 2.24) is 24.4 Å². The Morgan fingerprint density at radius 1 is 0.794 bits per heavy atom.